The van der Waals surface area contributed by atoms with Crippen molar-refractivity contribution >= 4 is 11.9 Å². The predicted molar refractivity (Wildman–Crippen MR) is 100 cm³/mol. The van der Waals surface area contributed by atoms with E-state index in [1.165, 1.54) is 6.20 Å². The van der Waals surface area contributed by atoms with Crippen LogP contribution in [0.15, 0.2) is 34.2 Å². The molecule has 0 aromatic carbocycles. The third-order valence-electron chi connectivity index (χ3n) is 5.10. The minimum Gasteiger partial charge on any atom is -0.376 e. The zero-order chi connectivity index (χ0) is 19.5. The van der Waals surface area contributed by atoms with Crippen molar-refractivity contribution in [1.82, 2.24) is 24.4 Å². The highest BCUT2D eigenvalue weighted by molar-refractivity contribution is 5.93. The molecule has 1 N–H and O–H groups in total. The first kappa shape index (κ1) is 18.4. The normalized spacial score (nSPS) is 19.8. The van der Waals surface area contributed by atoms with E-state index < -0.39 is 11.2 Å². The van der Waals surface area contributed by atoms with E-state index in [-0.39, 0.29) is 24.1 Å². The van der Waals surface area contributed by atoms with E-state index in [0.717, 1.165) is 17.4 Å². The largest absolute Gasteiger partial charge is 0.376 e. The fraction of sp³-hybridized carbons (Fsp3) is 0.500. The second-order valence-corrected chi connectivity index (χ2v) is 6.89. The molecule has 1 amide bonds. The predicted octanol–water partition coefficient (Wildman–Crippen LogP) is -0.532. The van der Waals surface area contributed by atoms with Gasteiger partial charge in [0.15, 0.2) is 0 Å². The van der Waals surface area contributed by atoms with Gasteiger partial charge in [-0.05, 0) is 18.9 Å². The lowest BCUT2D eigenvalue weighted by Crippen LogP contribution is -2.51. The van der Waals surface area contributed by atoms with Gasteiger partial charge in [-0.25, -0.2) is 14.8 Å². The summed E-state index contributed by atoms with van der Waals surface area (Å²) in [5, 5.41) is 0. The van der Waals surface area contributed by atoms with Gasteiger partial charge in [0.05, 0.1) is 12.6 Å². The van der Waals surface area contributed by atoms with Gasteiger partial charge in [0.2, 0.25) is 5.95 Å². The number of aromatic nitrogens is 4. The number of carbonyl (C=O) groups is 1. The number of ether oxygens (including phenoxy) is 1. The molecular weight excluding hydrogens is 364 g/mol. The maximum Gasteiger partial charge on any atom is 0.328 e. The van der Waals surface area contributed by atoms with Crippen molar-refractivity contribution in [3.63, 3.8) is 0 Å². The Morgan fingerprint density at radius 1 is 1.18 bits per heavy atom. The van der Waals surface area contributed by atoms with Crippen molar-refractivity contribution < 1.29 is 9.53 Å². The molecule has 10 nitrogen and oxygen atoms in total. The van der Waals surface area contributed by atoms with E-state index >= 15 is 0 Å². The number of hydrogen-bond donors (Lipinski definition) is 1. The highest BCUT2D eigenvalue weighted by Crippen LogP contribution is 2.13. The highest BCUT2D eigenvalue weighted by Gasteiger charge is 2.27. The van der Waals surface area contributed by atoms with Crippen LogP contribution in [-0.4, -0.2) is 69.2 Å². The molecule has 2 aromatic heterocycles. The van der Waals surface area contributed by atoms with Crippen LogP contribution in [0, 0.1) is 0 Å². The first-order chi connectivity index (χ1) is 13.6. The Balaban J connectivity index is 1.48. The Bertz CT molecular complexity index is 943. The lowest BCUT2D eigenvalue weighted by atomic mass is 10.2. The van der Waals surface area contributed by atoms with E-state index in [1.54, 1.807) is 23.4 Å². The topological polar surface area (TPSA) is 113 Å². The van der Waals surface area contributed by atoms with Crippen LogP contribution in [0.3, 0.4) is 0 Å². The Morgan fingerprint density at radius 2 is 1.93 bits per heavy atom. The SMILES string of the molecule is O=C(c1c[nH]c(=O)n(CC2CCCO2)c1=O)N1CCN(c2ncccn2)CC1. The molecule has 148 valence electrons. The summed E-state index contributed by atoms with van der Waals surface area (Å²) in [5.74, 6) is 0.244. The summed E-state index contributed by atoms with van der Waals surface area (Å²) in [4.78, 5) is 52.3. The molecular formula is C18H22N6O4. The third-order valence-corrected chi connectivity index (χ3v) is 5.10. The molecule has 10 heteroatoms. The molecule has 28 heavy (non-hydrogen) atoms. The number of nitrogens with one attached hydrogen (secondary N) is 1. The van der Waals surface area contributed by atoms with Crippen LogP contribution in [0.2, 0.25) is 0 Å². The van der Waals surface area contributed by atoms with Gasteiger partial charge in [0.1, 0.15) is 5.56 Å². The second-order valence-electron chi connectivity index (χ2n) is 6.89. The summed E-state index contributed by atoms with van der Waals surface area (Å²) >= 11 is 0. The first-order valence-electron chi connectivity index (χ1n) is 9.39. The molecule has 0 bridgehead atoms. The third kappa shape index (κ3) is 3.68. The summed E-state index contributed by atoms with van der Waals surface area (Å²) in [6.45, 7) is 2.83. The average molecular weight is 386 g/mol. The lowest BCUT2D eigenvalue weighted by Gasteiger charge is -2.34. The van der Waals surface area contributed by atoms with Crippen LogP contribution in [0.4, 0.5) is 5.95 Å². The molecule has 4 rings (SSSR count). The molecule has 0 spiro atoms. The first-order valence-corrected chi connectivity index (χ1v) is 9.39. The van der Waals surface area contributed by atoms with Gasteiger partial charge in [-0.1, -0.05) is 0 Å². The fourth-order valence-corrected chi connectivity index (χ4v) is 3.56. The van der Waals surface area contributed by atoms with E-state index in [2.05, 4.69) is 15.0 Å². The monoisotopic (exact) mass is 386 g/mol. The molecule has 0 aliphatic carbocycles. The van der Waals surface area contributed by atoms with Gasteiger partial charge in [0.25, 0.3) is 11.5 Å². The van der Waals surface area contributed by atoms with Crippen molar-refractivity contribution in [2.45, 2.75) is 25.5 Å². The number of aromatic amines is 1. The highest BCUT2D eigenvalue weighted by atomic mass is 16.5. The Morgan fingerprint density at radius 3 is 2.61 bits per heavy atom. The Kier molecular flexibility index (Phi) is 5.20. The number of amides is 1. The molecule has 2 aliphatic heterocycles. The quantitative estimate of drug-likeness (QED) is 0.751. The fourth-order valence-electron chi connectivity index (χ4n) is 3.56. The molecule has 2 aromatic rings. The molecule has 1 atom stereocenters. The van der Waals surface area contributed by atoms with E-state index in [1.807, 2.05) is 4.90 Å². The van der Waals surface area contributed by atoms with Gasteiger partial charge < -0.3 is 19.5 Å². The van der Waals surface area contributed by atoms with Gasteiger partial charge in [-0.3, -0.25) is 14.2 Å². The van der Waals surface area contributed by atoms with E-state index in [4.69, 9.17) is 4.74 Å². The van der Waals surface area contributed by atoms with Gasteiger partial charge >= 0.3 is 5.69 Å². The summed E-state index contributed by atoms with van der Waals surface area (Å²) in [6, 6.07) is 1.75. The summed E-state index contributed by atoms with van der Waals surface area (Å²) in [6.07, 6.45) is 6.11. The van der Waals surface area contributed by atoms with Crippen molar-refractivity contribution in [3.05, 3.63) is 51.1 Å². The number of H-pyrrole nitrogens is 1. The van der Waals surface area contributed by atoms with Crippen LogP contribution < -0.4 is 16.1 Å². The molecule has 1 unspecified atom stereocenters. The molecule has 2 fully saturated rings. The number of hydrogen-bond acceptors (Lipinski definition) is 7. The van der Waals surface area contributed by atoms with Crippen LogP contribution >= 0.6 is 0 Å². The minimum atomic E-state index is -0.571. The van der Waals surface area contributed by atoms with Crippen LogP contribution in [0.5, 0.6) is 0 Å². The van der Waals surface area contributed by atoms with Gasteiger partial charge in [-0.2, -0.15) is 0 Å². The summed E-state index contributed by atoms with van der Waals surface area (Å²) in [5.41, 5.74) is -1.12. The van der Waals surface area contributed by atoms with Crippen molar-refractivity contribution in [3.8, 4) is 0 Å². The number of rotatable bonds is 4. The minimum absolute atomic E-state index is 0.0259. The zero-order valence-corrected chi connectivity index (χ0v) is 15.4. The number of nitrogens with zero attached hydrogens (tertiary/aromatic N) is 5. The number of piperazine rings is 1. The Labute approximate surface area is 160 Å². The maximum absolute atomic E-state index is 12.9. The van der Waals surface area contributed by atoms with Gasteiger partial charge in [0, 0.05) is 51.4 Å². The number of carbonyl (C=O) groups excluding carboxylic acids is 1. The molecule has 4 heterocycles. The van der Waals surface area contributed by atoms with Crippen LogP contribution in [-0.2, 0) is 11.3 Å². The summed E-state index contributed by atoms with van der Waals surface area (Å²) in [7, 11) is 0. The van der Waals surface area contributed by atoms with E-state index in [9.17, 15) is 14.4 Å². The van der Waals surface area contributed by atoms with Crippen LogP contribution in [0.25, 0.3) is 0 Å². The molecule has 2 saturated heterocycles. The second kappa shape index (κ2) is 7.93. The summed E-state index contributed by atoms with van der Waals surface area (Å²) < 4.78 is 6.58. The zero-order valence-electron chi connectivity index (χ0n) is 15.4. The van der Waals surface area contributed by atoms with Crippen molar-refractivity contribution in [1.29, 1.82) is 0 Å². The van der Waals surface area contributed by atoms with E-state index in [0.29, 0.717) is 38.7 Å². The number of anilines is 1. The maximum atomic E-state index is 12.9. The van der Waals surface area contributed by atoms with Crippen molar-refractivity contribution in [2.75, 3.05) is 37.7 Å². The van der Waals surface area contributed by atoms with Gasteiger partial charge in [-0.15, -0.1) is 0 Å². The molecule has 0 radical (unpaired) electrons. The Hall–Kier alpha value is -3.01. The average Bonchev–Trinajstić information content (AvgIpc) is 3.25. The van der Waals surface area contributed by atoms with Crippen LogP contribution in [0.1, 0.15) is 23.2 Å². The lowest BCUT2D eigenvalue weighted by molar-refractivity contribution is 0.0739. The van der Waals surface area contributed by atoms with Crippen molar-refractivity contribution in [2.24, 2.45) is 0 Å². The smallest absolute Gasteiger partial charge is 0.328 e. The molecule has 2 aliphatic rings. The standard InChI is InChI=1S/C18H22N6O4/c25-15(22-6-8-23(9-7-22)17-19-4-2-5-20-17)14-11-21-18(27)24(16(14)26)12-13-3-1-10-28-13/h2,4-5,11,13H,1,3,6-10,12H2,(H,21,27). The molecule has 0 saturated carbocycles.